The SMILES string of the molecule is CCC(CC)(CO)CNC(=O)CCNC. The van der Waals surface area contributed by atoms with Crippen molar-refractivity contribution in [1.82, 2.24) is 10.6 Å². The summed E-state index contributed by atoms with van der Waals surface area (Å²) in [6.07, 6.45) is 2.25. The van der Waals surface area contributed by atoms with E-state index in [2.05, 4.69) is 10.6 Å². The van der Waals surface area contributed by atoms with E-state index in [1.807, 2.05) is 20.9 Å². The average Bonchev–Trinajstić information content (AvgIpc) is 2.29. The van der Waals surface area contributed by atoms with Crippen LogP contribution in [0.1, 0.15) is 33.1 Å². The topological polar surface area (TPSA) is 61.4 Å². The van der Waals surface area contributed by atoms with E-state index >= 15 is 0 Å². The second kappa shape index (κ2) is 7.65. The Morgan fingerprint density at radius 1 is 1.33 bits per heavy atom. The Kier molecular flexibility index (Phi) is 7.34. The maximum absolute atomic E-state index is 11.4. The zero-order chi connectivity index (χ0) is 11.7. The van der Waals surface area contributed by atoms with E-state index < -0.39 is 0 Å². The van der Waals surface area contributed by atoms with Crippen molar-refractivity contribution in [3.8, 4) is 0 Å². The molecule has 4 nitrogen and oxygen atoms in total. The highest BCUT2D eigenvalue weighted by Crippen LogP contribution is 2.24. The van der Waals surface area contributed by atoms with Crippen LogP contribution in [0.2, 0.25) is 0 Å². The molecule has 4 heteroatoms. The van der Waals surface area contributed by atoms with Crippen molar-refractivity contribution in [2.75, 3.05) is 26.7 Å². The highest BCUT2D eigenvalue weighted by Gasteiger charge is 2.25. The van der Waals surface area contributed by atoms with Crippen LogP contribution in [0.3, 0.4) is 0 Å². The predicted molar refractivity (Wildman–Crippen MR) is 61.7 cm³/mol. The van der Waals surface area contributed by atoms with E-state index in [1.165, 1.54) is 0 Å². The van der Waals surface area contributed by atoms with E-state index in [9.17, 15) is 9.90 Å². The monoisotopic (exact) mass is 216 g/mol. The second-order valence-electron chi connectivity index (χ2n) is 4.00. The fourth-order valence-electron chi connectivity index (χ4n) is 1.39. The Balaban J connectivity index is 3.93. The van der Waals surface area contributed by atoms with Gasteiger partial charge in [-0.05, 0) is 19.9 Å². The number of hydrogen-bond donors (Lipinski definition) is 3. The van der Waals surface area contributed by atoms with Gasteiger partial charge in [-0.3, -0.25) is 4.79 Å². The molecule has 0 aliphatic rings. The molecule has 0 aromatic rings. The summed E-state index contributed by atoms with van der Waals surface area (Å²) in [5.74, 6) is 0.0454. The van der Waals surface area contributed by atoms with Gasteiger partial charge >= 0.3 is 0 Å². The van der Waals surface area contributed by atoms with Crippen LogP contribution in [0.15, 0.2) is 0 Å². The molecule has 15 heavy (non-hydrogen) atoms. The molecule has 0 aromatic heterocycles. The minimum atomic E-state index is -0.144. The van der Waals surface area contributed by atoms with Crippen LogP contribution >= 0.6 is 0 Å². The quantitative estimate of drug-likeness (QED) is 0.554. The van der Waals surface area contributed by atoms with E-state index in [0.717, 1.165) is 12.8 Å². The Bertz CT molecular complexity index is 171. The van der Waals surface area contributed by atoms with Crippen molar-refractivity contribution < 1.29 is 9.90 Å². The summed E-state index contributed by atoms with van der Waals surface area (Å²) in [5, 5.41) is 15.1. The lowest BCUT2D eigenvalue weighted by molar-refractivity contribution is -0.121. The summed E-state index contributed by atoms with van der Waals surface area (Å²) in [4.78, 5) is 11.4. The Morgan fingerprint density at radius 2 is 1.93 bits per heavy atom. The number of aliphatic hydroxyl groups is 1. The van der Waals surface area contributed by atoms with E-state index in [0.29, 0.717) is 19.5 Å². The van der Waals surface area contributed by atoms with Crippen molar-refractivity contribution in [3.05, 3.63) is 0 Å². The van der Waals surface area contributed by atoms with Gasteiger partial charge in [0.05, 0.1) is 6.61 Å². The Hall–Kier alpha value is -0.610. The molecular weight excluding hydrogens is 192 g/mol. The molecule has 0 heterocycles. The van der Waals surface area contributed by atoms with Gasteiger partial charge in [0.25, 0.3) is 0 Å². The van der Waals surface area contributed by atoms with Gasteiger partial charge in [0, 0.05) is 24.9 Å². The normalized spacial score (nSPS) is 11.5. The summed E-state index contributed by atoms with van der Waals surface area (Å²) in [6, 6.07) is 0. The molecule has 0 aliphatic heterocycles. The molecule has 0 aromatic carbocycles. The molecule has 0 atom stereocenters. The first-order valence-electron chi connectivity index (χ1n) is 5.66. The van der Waals surface area contributed by atoms with Crippen LogP contribution in [0.4, 0.5) is 0 Å². The van der Waals surface area contributed by atoms with Crippen molar-refractivity contribution in [1.29, 1.82) is 0 Å². The standard InChI is InChI=1S/C11H24N2O2/c1-4-11(5-2,9-14)8-13-10(15)6-7-12-3/h12,14H,4-9H2,1-3H3,(H,13,15). The van der Waals surface area contributed by atoms with Gasteiger partial charge in [-0.1, -0.05) is 13.8 Å². The molecule has 0 saturated heterocycles. The molecule has 0 radical (unpaired) electrons. The molecule has 0 unspecified atom stereocenters. The van der Waals surface area contributed by atoms with Gasteiger partial charge in [0.1, 0.15) is 0 Å². The first-order chi connectivity index (χ1) is 7.14. The minimum absolute atomic E-state index is 0.0454. The van der Waals surface area contributed by atoms with Crippen molar-refractivity contribution in [2.45, 2.75) is 33.1 Å². The molecule has 0 rings (SSSR count). The maximum Gasteiger partial charge on any atom is 0.221 e. The third kappa shape index (κ3) is 5.14. The number of carbonyl (C=O) groups is 1. The van der Waals surface area contributed by atoms with Gasteiger partial charge in [-0.25, -0.2) is 0 Å². The van der Waals surface area contributed by atoms with Gasteiger partial charge < -0.3 is 15.7 Å². The highest BCUT2D eigenvalue weighted by molar-refractivity contribution is 5.76. The molecule has 0 aliphatic carbocycles. The molecule has 3 N–H and O–H groups in total. The van der Waals surface area contributed by atoms with Gasteiger partial charge in [-0.15, -0.1) is 0 Å². The fraction of sp³-hybridized carbons (Fsp3) is 0.909. The number of amides is 1. The number of hydrogen-bond acceptors (Lipinski definition) is 3. The average molecular weight is 216 g/mol. The van der Waals surface area contributed by atoms with Crippen LogP contribution in [-0.2, 0) is 4.79 Å². The zero-order valence-electron chi connectivity index (χ0n) is 10.1. The first-order valence-corrected chi connectivity index (χ1v) is 5.66. The van der Waals surface area contributed by atoms with E-state index in [-0.39, 0.29) is 17.9 Å². The zero-order valence-corrected chi connectivity index (χ0v) is 10.1. The van der Waals surface area contributed by atoms with Crippen LogP contribution in [0.5, 0.6) is 0 Å². The van der Waals surface area contributed by atoms with Crippen molar-refractivity contribution in [3.63, 3.8) is 0 Å². The summed E-state index contributed by atoms with van der Waals surface area (Å²) < 4.78 is 0. The van der Waals surface area contributed by atoms with Gasteiger partial charge in [0.15, 0.2) is 0 Å². The lowest BCUT2D eigenvalue weighted by Crippen LogP contribution is -2.40. The fourth-order valence-corrected chi connectivity index (χ4v) is 1.39. The van der Waals surface area contributed by atoms with Crippen LogP contribution in [0.25, 0.3) is 0 Å². The van der Waals surface area contributed by atoms with Crippen LogP contribution in [-0.4, -0.2) is 37.8 Å². The number of rotatable bonds is 8. The van der Waals surface area contributed by atoms with Gasteiger partial charge in [0.2, 0.25) is 5.91 Å². The molecule has 0 spiro atoms. The summed E-state index contributed by atoms with van der Waals surface area (Å²) in [5.41, 5.74) is -0.144. The highest BCUT2D eigenvalue weighted by atomic mass is 16.3. The second-order valence-corrected chi connectivity index (χ2v) is 4.00. The number of aliphatic hydroxyl groups excluding tert-OH is 1. The van der Waals surface area contributed by atoms with Crippen LogP contribution in [0, 0.1) is 5.41 Å². The van der Waals surface area contributed by atoms with Crippen LogP contribution < -0.4 is 10.6 Å². The molecule has 0 bridgehead atoms. The summed E-state index contributed by atoms with van der Waals surface area (Å²) >= 11 is 0. The predicted octanol–water partition coefficient (Wildman–Crippen LogP) is 0.511. The lowest BCUT2D eigenvalue weighted by Gasteiger charge is -2.29. The van der Waals surface area contributed by atoms with Crippen molar-refractivity contribution >= 4 is 5.91 Å². The van der Waals surface area contributed by atoms with Crippen molar-refractivity contribution in [2.24, 2.45) is 5.41 Å². The molecular formula is C11H24N2O2. The minimum Gasteiger partial charge on any atom is -0.396 e. The van der Waals surface area contributed by atoms with E-state index in [1.54, 1.807) is 0 Å². The molecule has 0 saturated carbocycles. The Morgan fingerprint density at radius 3 is 2.33 bits per heavy atom. The molecule has 1 amide bonds. The van der Waals surface area contributed by atoms with Gasteiger partial charge in [-0.2, -0.15) is 0 Å². The van der Waals surface area contributed by atoms with E-state index in [4.69, 9.17) is 0 Å². The summed E-state index contributed by atoms with van der Waals surface area (Å²) in [6.45, 7) is 5.47. The third-order valence-electron chi connectivity index (χ3n) is 3.10. The third-order valence-corrected chi connectivity index (χ3v) is 3.10. The first kappa shape index (κ1) is 14.4. The molecule has 0 fully saturated rings. The number of nitrogens with one attached hydrogen (secondary N) is 2. The Labute approximate surface area is 92.4 Å². The lowest BCUT2D eigenvalue weighted by atomic mass is 9.83. The maximum atomic E-state index is 11.4. The number of carbonyl (C=O) groups excluding carboxylic acids is 1. The summed E-state index contributed by atoms with van der Waals surface area (Å²) in [7, 11) is 1.82. The smallest absolute Gasteiger partial charge is 0.221 e. The molecule has 90 valence electrons. The largest absolute Gasteiger partial charge is 0.396 e.